The van der Waals surface area contributed by atoms with Gasteiger partial charge in [-0.25, -0.2) is 4.68 Å². The maximum Gasteiger partial charge on any atom is 0.251 e. The van der Waals surface area contributed by atoms with Crippen LogP contribution in [0.2, 0.25) is 0 Å². The first-order valence-corrected chi connectivity index (χ1v) is 8.93. The maximum absolute atomic E-state index is 12.5. The predicted octanol–water partition coefficient (Wildman–Crippen LogP) is 3.54. The molecule has 0 radical (unpaired) electrons. The Morgan fingerprint density at radius 2 is 1.93 bits per heavy atom. The Kier molecular flexibility index (Phi) is 5.99. The van der Waals surface area contributed by atoms with Crippen molar-refractivity contribution >= 4 is 17.5 Å². The molecule has 0 saturated heterocycles. The minimum atomic E-state index is -0.197. The lowest BCUT2D eigenvalue weighted by Gasteiger charge is -2.11. The van der Waals surface area contributed by atoms with Gasteiger partial charge in [0.05, 0.1) is 5.69 Å². The van der Waals surface area contributed by atoms with Crippen LogP contribution in [0, 0.1) is 0 Å². The van der Waals surface area contributed by atoms with E-state index in [1.807, 2.05) is 43.5 Å². The highest BCUT2D eigenvalue weighted by atomic mass is 16.2. The molecule has 2 amide bonds. The average molecular weight is 362 g/mol. The number of carbonyl (C=O) groups is 2. The van der Waals surface area contributed by atoms with Gasteiger partial charge in [-0.15, -0.1) is 0 Å². The molecule has 0 unspecified atom stereocenters. The van der Waals surface area contributed by atoms with Crippen molar-refractivity contribution in [3.63, 3.8) is 0 Å². The highest BCUT2D eigenvalue weighted by Crippen LogP contribution is 2.15. The van der Waals surface area contributed by atoms with Crippen LogP contribution in [0.3, 0.4) is 0 Å². The molecule has 0 aliphatic carbocycles. The molecule has 0 aliphatic heterocycles. The number of para-hydroxylation sites is 1. The minimum absolute atomic E-state index is 0.0526. The van der Waals surface area contributed by atoms with Gasteiger partial charge in [0.25, 0.3) is 5.91 Å². The largest absolute Gasteiger partial charge is 0.348 e. The van der Waals surface area contributed by atoms with Crippen molar-refractivity contribution in [2.75, 3.05) is 5.32 Å². The van der Waals surface area contributed by atoms with Gasteiger partial charge in [0.15, 0.2) is 0 Å². The number of carbonyl (C=O) groups excluding carboxylic acids is 2. The highest BCUT2D eigenvalue weighted by Gasteiger charge is 2.10. The molecule has 0 fully saturated rings. The fourth-order valence-corrected chi connectivity index (χ4v) is 2.76. The zero-order chi connectivity index (χ0) is 19.1. The van der Waals surface area contributed by atoms with Gasteiger partial charge in [0.2, 0.25) is 5.91 Å². The molecule has 2 N–H and O–H groups in total. The van der Waals surface area contributed by atoms with Crippen LogP contribution >= 0.6 is 0 Å². The second-order valence-corrected chi connectivity index (χ2v) is 6.14. The van der Waals surface area contributed by atoms with Gasteiger partial charge < -0.3 is 10.6 Å². The molecule has 6 nitrogen and oxygen atoms in total. The van der Waals surface area contributed by atoms with Gasteiger partial charge >= 0.3 is 0 Å². The first-order valence-electron chi connectivity index (χ1n) is 8.93. The van der Waals surface area contributed by atoms with Crippen molar-refractivity contribution in [3.05, 3.63) is 78.1 Å². The SMILES string of the molecule is CCCC(=O)Nc1cccc(C(=O)NCc2ccccc2-n2cccn2)c1. The summed E-state index contributed by atoms with van der Waals surface area (Å²) in [6.07, 6.45) is 4.82. The second kappa shape index (κ2) is 8.80. The van der Waals surface area contributed by atoms with Crippen molar-refractivity contribution < 1.29 is 9.59 Å². The second-order valence-electron chi connectivity index (χ2n) is 6.14. The predicted molar refractivity (Wildman–Crippen MR) is 105 cm³/mol. The normalized spacial score (nSPS) is 10.4. The number of hydrogen-bond donors (Lipinski definition) is 2. The van der Waals surface area contributed by atoms with Crippen LogP contribution in [-0.2, 0) is 11.3 Å². The molecule has 3 rings (SSSR count). The first kappa shape index (κ1) is 18.4. The lowest BCUT2D eigenvalue weighted by molar-refractivity contribution is -0.116. The number of hydrogen-bond acceptors (Lipinski definition) is 3. The fraction of sp³-hybridized carbons (Fsp3) is 0.190. The number of rotatable bonds is 7. The number of aromatic nitrogens is 2. The molecule has 27 heavy (non-hydrogen) atoms. The average Bonchev–Trinajstić information content (AvgIpc) is 3.21. The Hall–Kier alpha value is -3.41. The third kappa shape index (κ3) is 4.82. The molecule has 138 valence electrons. The summed E-state index contributed by atoms with van der Waals surface area (Å²) < 4.78 is 1.77. The van der Waals surface area contributed by atoms with Crippen molar-refractivity contribution in [2.45, 2.75) is 26.3 Å². The summed E-state index contributed by atoms with van der Waals surface area (Å²) in [5.41, 5.74) is 3.00. The number of amides is 2. The zero-order valence-corrected chi connectivity index (χ0v) is 15.2. The fourth-order valence-electron chi connectivity index (χ4n) is 2.76. The van der Waals surface area contributed by atoms with Crippen molar-refractivity contribution in [1.82, 2.24) is 15.1 Å². The van der Waals surface area contributed by atoms with Crippen LogP contribution in [0.1, 0.15) is 35.7 Å². The first-order chi connectivity index (χ1) is 13.2. The molecular weight excluding hydrogens is 340 g/mol. The number of anilines is 1. The molecule has 1 heterocycles. The summed E-state index contributed by atoms with van der Waals surface area (Å²) in [4.78, 5) is 24.3. The summed E-state index contributed by atoms with van der Waals surface area (Å²) in [5, 5.41) is 9.99. The molecule has 1 aromatic heterocycles. The monoisotopic (exact) mass is 362 g/mol. The minimum Gasteiger partial charge on any atom is -0.348 e. The number of benzene rings is 2. The van der Waals surface area contributed by atoms with Crippen LogP contribution in [0.4, 0.5) is 5.69 Å². The zero-order valence-electron chi connectivity index (χ0n) is 15.2. The summed E-state index contributed by atoms with van der Waals surface area (Å²) in [5.74, 6) is -0.250. The van der Waals surface area contributed by atoms with Gasteiger partial charge in [0.1, 0.15) is 0 Å². The van der Waals surface area contributed by atoms with Crippen LogP contribution in [0.15, 0.2) is 67.0 Å². The number of nitrogens with one attached hydrogen (secondary N) is 2. The highest BCUT2D eigenvalue weighted by molar-refractivity contribution is 5.97. The van der Waals surface area contributed by atoms with Crippen LogP contribution in [0.5, 0.6) is 0 Å². The van der Waals surface area contributed by atoms with Gasteiger partial charge in [-0.3, -0.25) is 9.59 Å². The van der Waals surface area contributed by atoms with E-state index < -0.39 is 0 Å². The maximum atomic E-state index is 12.5. The van der Waals surface area contributed by atoms with E-state index in [0.717, 1.165) is 17.7 Å². The molecule has 2 aromatic carbocycles. The molecule has 0 aliphatic rings. The van der Waals surface area contributed by atoms with Crippen LogP contribution in [-0.4, -0.2) is 21.6 Å². The topological polar surface area (TPSA) is 76.0 Å². The quantitative estimate of drug-likeness (QED) is 0.675. The lowest BCUT2D eigenvalue weighted by atomic mass is 10.1. The van der Waals surface area contributed by atoms with Crippen LogP contribution < -0.4 is 10.6 Å². The Balaban J connectivity index is 1.68. The van der Waals surface area contributed by atoms with E-state index in [9.17, 15) is 9.59 Å². The molecular formula is C21H22N4O2. The Labute approximate surface area is 158 Å². The van der Waals surface area contributed by atoms with Crippen molar-refractivity contribution in [1.29, 1.82) is 0 Å². The third-order valence-electron chi connectivity index (χ3n) is 4.07. The van der Waals surface area contributed by atoms with E-state index in [2.05, 4.69) is 15.7 Å². The van der Waals surface area contributed by atoms with E-state index in [0.29, 0.717) is 24.2 Å². The van der Waals surface area contributed by atoms with Crippen molar-refractivity contribution in [2.24, 2.45) is 0 Å². The van der Waals surface area contributed by atoms with E-state index in [4.69, 9.17) is 0 Å². The summed E-state index contributed by atoms with van der Waals surface area (Å²) in [6, 6.07) is 16.6. The van der Waals surface area contributed by atoms with E-state index in [1.54, 1.807) is 35.1 Å². The Morgan fingerprint density at radius 3 is 2.70 bits per heavy atom. The standard InChI is InChI=1S/C21H22N4O2/c1-2-7-20(26)24-18-10-5-9-16(14-18)21(27)22-15-17-8-3-4-11-19(17)25-13-6-12-23-25/h3-6,8-14H,2,7,15H2,1H3,(H,22,27)(H,24,26). The lowest BCUT2D eigenvalue weighted by Crippen LogP contribution is -2.23. The molecule has 6 heteroatoms. The smallest absolute Gasteiger partial charge is 0.251 e. The van der Waals surface area contributed by atoms with Crippen molar-refractivity contribution in [3.8, 4) is 5.69 Å². The molecule has 3 aromatic rings. The van der Waals surface area contributed by atoms with E-state index in [-0.39, 0.29) is 11.8 Å². The van der Waals surface area contributed by atoms with Gasteiger partial charge in [-0.2, -0.15) is 5.10 Å². The van der Waals surface area contributed by atoms with E-state index in [1.165, 1.54) is 0 Å². The molecule has 0 spiro atoms. The van der Waals surface area contributed by atoms with Crippen LogP contribution in [0.25, 0.3) is 5.69 Å². The molecule has 0 saturated carbocycles. The van der Waals surface area contributed by atoms with Gasteiger partial charge in [0, 0.05) is 36.6 Å². The summed E-state index contributed by atoms with van der Waals surface area (Å²) >= 11 is 0. The van der Waals surface area contributed by atoms with E-state index >= 15 is 0 Å². The summed E-state index contributed by atoms with van der Waals surface area (Å²) in [6.45, 7) is 2.33. The summed E-state index contributed by atoms with van der Waals surface area (Å²) in [7, 11) is 0. The molecule has 0 atom stereocenters. The number of nitrogens with zero attached hydrogens (tertiary/aromatic N) is 2. The van der Waals surface area contributed by atoms with Gasteiger partial charge in [-0.1, -0.05) is 31.2 Å². The molecule has 0 bridgehead atoms. The third-order valence-corrected chi connectivity index (χ3v) is 4.07. The Morgan fingerprint density at radius 1 is 1.07 bits per heavy atom. The Bertz CT molecular complexity index is 919. The van der Waals surface area contributed by atoms with Gasteiger partial charge in [-0.05, 0) is 42.3 Å².